The van der Waals surface area contributed by atoms with E-state index in [1.165, 1.54) is 12.1 Å². The molecule has 0 aliphatic carbocycles. The van der Waals surface area contributed by atoms with Crippen LogP contribution in [0.3, 0.4) is 0 Å². The number of phenols is 1. The van der Waals surface area contributed by atoms with Crippen LogP contribution >= 0.6 is 0 Å². The highest BCUT2D eigenvalue weighted by molar-refractivity contribution is 5.71. The lowest BCUT2D eigenvalue weighted by molar-refractivity contribution is 0.307. The van der Waals surface area contributed by atoms with Gasteiger partial charge in [-0.3, -0.25) is 0 Å². The summed E-state index contributed by atoms with van der Waals surface area (Å²) in [7, 11) is 0. The van der Waals surface area contributed by atoms with Gasteiger partial charge in [0.1, 0.15) is 12.4 Å². The quantitative estimate of drug-likeness (QED) is 0.750. The Morgan fingerprint density at radius 2 is 1.59 bits per heavy atom. The summed E-state index contributed by atoms with van der Waals surface area (Å²) in [6, 6.07) is 21.6. The second-order valence-electron chi connectivity index (χ2n) is 4.94. The smallest absolute Gasteiger partial charge is 0.165 e. The molecule has 0 atom stereocenters. The summed E-state index contributed by atoms with van der Waals surface area (Å²) in [6.07, 6.45) is 0. The normalized spacial score (nSPS) is 10.4. The molecule has 0 radical (unpaired) electrons. The molecule has 0 fully saturated rings. The van der Waals surface area contributed by atoms with Crippen LogP contribution in [0.5, 0.6) is 11.5 Å². The molecule has 0 bridgehead atoms. The molecule has 110 valence electrons. The van der Waals surface area contributed by atoms with Crippen LogP contribution in [-0.4, -0.2) is 5.11 Å². The first-order valence-electron chi connectivity index (χ1n) is 6.99. The molecule has 0 saturated carbocycles. The van der Waals surface area contributed by atoms with Gasteiger partial charge < -0.3 is 9.84 Å². The Morgan fingerprint density at radius 3 is 2.36 bits per heavy atom. The predicted octanol–water partition coefficient (Wildman–Crippen LogP) is 4.78. The van der Waals surface area contributed by atoms with Gasteiger partial charge in [0.25, 0.3) is 0 Å². The van der Waals surface area contributed by atoms with Crippen LogP contribution in [0, 0.1) is 5.82 Å². The van der Waals surface area contributed by atoms with Crippen molar-refractivity contribution >= 4 is 0 Å². The van der Waals surface area contributed by atoms with Gasteiger partial charge in [-0.1, -0.05) is 54.6 Å². The lowest BCUT2D eigenvalue weighted by atomic mass is 10.0. The van der Waals surface area contributed by atoms with Crippen molar-refractivity contribution in [2.24, 2.45) is 0 Å². The van der Waals surface area contributed by atoms with Crippen molar-refractivity contribution in [1.29, 1.82) is 0 Å². The second kappa shape index (κ2) is 6.31. The molecule has 3 aromatic carbocycles. The fourth-order valence-electron chi connectivity index (χ4n) is 2.24. The molecule has 0 heterocycles. The van der Waals surface area contributed by atoms with Crippen molar-refractivity contribution in [3.8, 4) is 22.6 Å². The Hall–Kier alpha value is -2.81. The van der Waals surface area contributed by atoms with E-state index in [0.717, 1.165) is 11.1 Å². The Kier molecular flexibility index (Phi) is 4.05. The van der Waals surface area contributed by atoms with Crippen molar-refractivity contribution < 1.29 is 14.2 Å². The summed E-state index contributed by atoms with van der Waals surface area (Å²) in [5.41, 5.74) is 2.52. The molecule has 1 N–H and O–H groups in total. The number of benzene rings is 3. The first-order valence-corrected chi connectivity index (χ1v) is 6.99. The molecular weight excluding hydrogens is 279 g/mol. The lowest BCUT2D eigenvalue weighted by Crippen LogP contribution is -1.96. The van der Waals surface area contributed by atoms with Crippen LogP contribution in [0.15, 0.2) is 72.8 Å². The Labute approximate surface area is 128 Å². The Bertz CT molecular complexity index is 769. The van der Waals surface area contributed by atoms with Gasteiger partial charge in [0.15, 0.2) is 11.6 Å². The minimum absolute atomic E-state index is 0.355. The highest BCUT2D eigenvalue weighted by Gasteiger charge is 2.09. The Morgan fingerprint density at radius 1 is 0.864 bits per heavy atom. The van der Waals surface area contributed by atoms with Crippen LogP contribution in [0.2, 0.25) is 0 Å². The first kappa shape index (κ1) is 14.1. The number of hydrogen-bond acceptors (Lipinski definition) is 2. The largest absolute Gasteiger partial charge is 0.505 e. The van der Waals surface area contributed by atoms with Crippen molar-refractivity contribution in [1.82, 2.24) is 0 Å². The molecule has 0 aromatic heterocycles. The number of para-hydroxylation sites is 1. The van der Waals surface area contributed by atoms with Gasteiger partial charge in [0.2, 0.25) is 0 Å². The van der Waals surface area contributed by atoms with Gasteiger partial charge in [0.05, 0.1) is 0 Å². The number of ether oxygens (including phenoxy) is 1. The van der Waals surface area contributed by atoms with E-state index in [9.17, 15) is 9.50 Å². The third kappa shape index (κ3) is 3.09. The standard InChI is InChI=1S/C19H15FO2/c20-17-12-15(10-11-18(17)21)16-8-4-5-9-19(16)22-13-14-6-2-1-3-7-14/h1-12,21H,13H2. The molecule has 0 amide bonds. The molecule has 0 spiro atoms. The van der Waals surface area contributed by atoms with Crippen LogP contribution < -0.4 is 4.74 Å². The van der Waals surface area contributed by atoms with Gasteiger partial charge in [-0.25, -0.2) is 4.39 Å². The van der Waals surface area contributed by atoms with E-state index in [2.05, 4.69) is 0 Å². The van der Waals surface area contributed by atoms with E-state index in [0.29, 0.717) is 17.9 Å². The van der Waals surface area contributed by atoms with E-state index in [-0.39, 0.29) is 5.75 Å². The summed E-state index contributed by atoms with van der Waals surface area (Å²) in [5.74, 6) is -0.321. The van der Waals surface area contributed by atoms with Gasteiger partial charge in [-0.15, -0.1) is 0 Å². The third-order valence-corrected chi connectivity index (χ3v) is 3.38. The summed E-state index contributed by atoms with van der Waals surface area (Å²) in [6.45, 7) is 0.443. The van der Waals surface area contributed by atoms with E-state index in [1.807, 2.05) is 54.6 Å². The predicted molar refractivity (Wildman–Crippen MR) is 84.3 cm³/mol. The fraction of sp³-hybridized carbons (Fsp3) is 0.0526. The topological polar surface area (TPSA) is 29.5 Å². The van der Waals surface area contributed by atoms with E-state index in [4.69, 9.17) is 4.74 Å². The van der Waals surface area contributed by atoms with Gasteiger partial charge in [0, 0.05) is 5.56 Å². The average Bonchev–Trinajstić information content (AvgIpc) is 2.57. The van der Waals surface area contributed by atoms with Gasteiger partial charge >= 0.3 is 0 Å². The number of aromatic hydroxyl groups is 1. The van der Waals surface area contributed by atoms with Crippen molar-refractivity contribution in [2.75, 3.05) is 0 Å². The zero-order chi connectivity index (χ0) is 15.4. The van der Waals surface area contributed by atoms with Crippen LogP contribution in [0.1, 0.15) is 5.56 Å². The molecule has 3 rings (SSSR count). The minimum Gasteiger partial charge on any atom is -0.505 e. The zero-order valence-corrected chi connectivity index (χ0v) is 11.9. The van der Waals surface area contributed by atoms with Crippen molar-refractivity contribution in [2.45, 2.75) is 6.61 Å². The fourth-order valence-corrected chi connectivity index (χ4v) is 2.24. The second-order valence-corrected chi connectivity index (χ2v) is 4.94. The molecular formula is C19H15FO2. The van der Waals surface area contributed by atoms with Crippen LogP contribution in [0.4, 0.5) is 4.39 Å². The number of phenolic OH excluding ortho intramolecular Hbond substituents is 1. The summed E-state index contributed by atoms with van der Waals surface area (Å²) in [4.78, 5) is 0. The Balaban J connectivity index is 1.88. The molecule has 3 heteroatoms. The highest BCUT2D eigenvalue weighted by atomic mass is 19.1. The lowest BCUT2D eigenvalue weighted by Gasteiger charge is -2.12. The number of hydrogen-bond donors (Lipinski definition) is 1. The molecule has 0 saturated heterocycles. The summed E-state index contributed by atoms with van der Waals surface area (Å²) < 4.78 is 19.4. The van der Waals surface area contributed by atoms with E-state index < -0.39 is 5.82 Å². The monoisotopic (exact) mass is 294 g/mol. The average molecular weight is 294 g/mol. The number of rotatable bonds is 4. The van der Waals surface area contributed by atoms with Crippen molar-refractivity contribution in [3.05, 3.63) is 84.2 Å². The molecule has 22 heavy (non-hydrogen) atoms. The highest BCUT2D eigenvalue weighted by Crippen LogP contribution is 2.32. The van der Waals surface area contributed by atoms with Crippen LogP contribution in [-0.2, 0) is 6.61 Å². The zero-order valence-electron chi connectivity index (χ0n) is 11.9. The molecule has 0 aliphatic rings. The van der Waals surface area contributed by atoms with E-state index in [1.54, 1.807) is 6.07 Å². The minimum atomic E-state index is -0.643. The molecule has 0 aliphatic heterocycles. The summed E-state index contributed by atoms with van der Waals surface area (Å²) in [5, 5.41) is 9.31. The van der Waals surface area contributed by atoms with Gasteiger partial charge in [-0.05, 0) is 29.3 Å². The first-order chi connectivity index (χ1) is 10.7. The molecule has 0 unspecified atom stereocenters. The number of halogens is 1. The molecule has 3 aromatic rings. The molecule has 2 nitrogen and oxygen atoms in total. The maximum atomic E-state index is 13.6. The van der Waals surface area contributed by atoms with Crippen molar-refractivity contribution in [3.63, 3.8) is 0 Å². The van der Waals surface area contributed by atoms with E-state index >= 15 is 0 Å². The SMILES string of the molecule is Oc1ccc(-c2ccccc2OCc2ccccc2)cc1F. The van der Waals surface area contributed by atoms with Gasteiger partial charge in [-0.2, -0.15) is 0 Å². The van der Waals surface area contributed by atoms with Crippen LogP contribution in [0.25, 0.3) is 11.1 Å². The third-order valence-electron chi connectivity index (χ3n) is 3.38. The maximum Gasteiger partial charge on any atom is 0.165 e. The summed E-state index contributed by atoms with van der Waals surface area (Å²) >= 11 is 0. The maximum absolute atomic E-state index is 13.6.